The minimum atomic E-state index is 0.554. The highest BCUT2D eigenvalue weighted by Gasteiger charge is 2.17. The Hall–Kier alpha value is -3.26. The van der Waals surface area contributed by atoms with Gasteiger partial charge < -0.3 is 18.9 Å². The molecule has 8 heteroatoms. The van der Waals surface area contributed by atoms with Gasteiger partial charge >= 0.3 is 0 Å². The lowest BCUT2D eigenvalue weighted by Crippen LogP contribution is -2.15. The smallest absolute Gasteiger partial charge is 0.206 e. The minimum absolute atomic E-state index is 0.554. The monoisotopic (exact) mass is 455 g/mol. The second kappa shape index (κ2) is 10.9. The zero-order chi connectivity index (χ0) is 23.1. The molecule has 0 saturated heterocycles. The summed E-state index contributed by atoms with van der Waals surface area (Å²) in [7, 11) is 6.48. The second-order valence-electron chi connectivity index (χ2n) is 6.96. The van der Waals surface area contributed by atoms with E-state index in [2.05, 4.69) is 4.99 Å². The normalized spacial score (nSPS) is 12.1. The van der Waals surface area contributed by atoms with Crippen LogP contribution in [0.4, 0.5) is 0 Å². The molecule has 0 bridgehead atoms. The van der Waals surface area contributed by atoms with Gasteiger partial charge in [-0.25, -0.2) is 4.68 Å². The molecule has 2 aromatic carbocycles. The largest absolute Gasteiger partial charge is 0.497 e. The molecule has 7 nitrogen and oxygen atoms in total. The molecule has 0 spiro atoms. The molecular formula is C24H29N3O4S. The fourth-order valence-electron chi connectivity index (χ4n) is 3.31. The number of benzene rings is 2. The number of thiazole rings is 1. The summed E-state index contributed by atoms with van der Waals surface area (Å²) >= 11 is 1.55. The molecule has 0 aliphatic heterocycles. The van der Waals surface area contributed by atoms with Crippen molar-refractivity contribution >= 4 is 17.0 Å². The van der Waals surface area contributed by atoms with E-state index < -0.39 is 0 Å². The fourth-order valence-corrected chi connectivity index (χ4v) is 4.21. The highest BCUT2D eigenvalue weighted by Crippen LogP contribution is 2.41. The molecule has 0 atom stereocenters. The summed E-state index contributed by atoms with van der Waals surface area (Å²) in [5.41, 5.74) is 3.91. The Morgan fingerprint density at radius 2 is 1.59 bits per heavy atom. The third kappa shape index (κ3) is 5.13. The lowest BCUT2D eigenvalue weighted by molar-refractivity contribution is 0.324. The van der Waals surface area contributed by atoms with Crippen LogP contribution in [0.15, 0.2) is 51.9 Å². The first kappa shape index (κ1) is 23.4. The van der Waals surface area contributed by atoms with E-state index >= 15 is 0 Å². The van der Waals surface area contributed by atoms with E-state index in [9.17, 15) is 0 Å². The second-order valence-corrected chi connectivity index (χ2v) is 7.80. The lowest BCUT2D eigenvalue weighted by atomic mass is 10.1. The molecule has 0 aliphatic rings. The molecule has 0 aliphatic carbocycles. The Bertz CT molecular complexity index is 1120. The van der Waals surface area contributed by atoms with Crippen molar-refractivity contribution in [3.63, 3.8) is 0 Å². The van der Waals surface area contributed by atoms with Crippen molar-refractivity contribution in [1.82, 2.24) is 4.68 Å². The van der Waals surface area contributed by atoms with Gasteiger partial charge in [-0.2, -0.15) is 5.10 Å². The average molecular weight is 456 g/mol. The van der Waals surface area contributed by atoms with Crippen LogP contribution in [0.25, 0.3) is 11.3 Å². The number of hydrogen-bond acceptors (Lipinski definition) is 7. The highest BCUT2D eigenvalue weighted by molar-refractivity contribution is 7.07. The molecule has 0 saturated carbocycles. The highest BCUT2D eigenvalue weighted by atomic mass is 32.1. The predicted octanol–water partition coefficient (Wildman–Crippen LogP) is 4.64. The number of hydrogen-bond donors (Lipinski definition) is 0. The molecule has 3 rings (SSSR count). The summed E-state index contributed by atoms with van der Waals surface area (Å²) in [4.78, 5) is 5.45. The molecule has 0 radical (unpaired) electrons. The van der Waals surface area contributed by atoms with Crippen LogP contribution in [0.2, 0.25) is 0 Å². The van der Waals surface area contributed by atoms with Crippen molar-refractivity contribution < 1.29 is 18.9 Å². The maximum absolute atomic E-state index is 5.53. The molecule has 0 unspecified atom stereocenters. The van der Waals surface area contributed by atoms with Gasteiger partial charge in [-0.05, 0) is 43.7 Å². The van der Waals surface area contributed by atoms with Crippen molar-refractivity contribution in [2.45, 2.75) is 20.3 Å². The van der Waals surface area contributed by atoms with Gasteiger partial charge in [0.2, 0.25) is 10.6 Å². The Morgan fingerprint density at radius 1 is 0.938 bits per heavy atom. The van der Waals surface area contributed by atoms with E-state index in [1.807, 2.05) is 60.3 Å². The summed E-state index contributed by atoms with van der Waals surface area (Å²) in [5, 5.41) is 6.95. The molecular weight excluding hydrogens is 426 g/mol. The number of aromatic nitrogens is 1. The van der Waals surface area contributed by atoms with Crippen molar-refractivity contribution in [2.24, 2.45) is 10.1 Å². The average Bonchev–Trinajstić information content (AvgIpc) is 3.20. The molecule has 170 valence electrons. The van der Waals surface area contributed by atoms with Crippen molar-refractivity contribution in [3.8, 4) is 34.3 Å². The number of ether oxygens (including phenoxy) is 4. The molecule has 0 amide bonds. The summed E-state index contributed by atoms with van der Waals surface area (Å²) < 4.78 is 23.7. The van der Waals surface area contributed by atoms with Crippen LogP contribution in [0, 0.1) is 0 Å². The lowest BCUT2D eigenvalue weighted by Gasteiger charge is -2.14. The van der Waals surface area contributed by atoms with Crippen LogP contribution in [0.1, 0.15) is 19.4 Å². The summed E-state index contributed by atoms with van der Waals surface area (Å²) in [6.45, 7) is 4.70. The number of methoxy groups -OCH3 is 4. The summed E-state index contributed by atoms with van der Waals surface area (Å²) in [6, 6.07) is 11.9. The van der Waals surface area contributed by atoms with Crippen LogP contribution < -0.4 is 23.7 Å². The molecule has 32 heavy (non-hydrogen) atoms. The Morgan fingerprint density at radius 3 is 2.12 bits per heavy atom. The van der Waals surface area contributed by atoms with Gasteiger partial charge in [0.1, 0.15) is 5.75 Å². The number of rotatable bonds is 9. The Balaban J connectivity index is 2.06. The van der Waals surface area contributed by atoms with Crippen LogP contribution in [0.5, 0.6) is 23.0 Å². The van der Waals surface area contributed by atoms with Crippen LogP contribution >= 0.6 is 11.3 Å². The Labute approximate surface area is 192 Å². The Kier molecular flexibility index (Phi) is 7.94. The van der Waals surface area contributed by atoms with E-state index in [-0.39, 0.29) is 0 Å². The molecule has 1 heterocycles. The van der Waals surface area contributed by atoms with Crippen molar-refractivity contribution in [3.05, 3.63) is 52.1 Å². The van der Waals surface area contributed by atoms with Crippen molar-refractivity contribution in [2.75, 3.05) is 35.0 Å². The predicted molar refractivity (Wildman–Crippen MR) is 129 cm³/mol. The first-order valence-electron chi connectivity index (χ1n) is 10.2. The van der Waals surface area contributed by atoms with E-state index in [0.717, 1.165) is 33.1 Å². The van der Waals surface area contributed by atoms with Crippen LogP contribution in [-0.4, -0.2) is 45.4 Å². The van der Waals surface area contributed by atoms with E-state index in [1.165, 1.54) is 0 Å². The first-order chi connectivity index (χ1) is 15.5. The number of nitrogens with zero attached hydrogens (tertiary/aromatic N) is 3. The van der Waals surface area contributed by atoms with Gasteiger partial charge in [0.15, 0.2) is 11.5 Å². The molecule has 0 fully saturated rings. The van der Waals surface area contributed by atoms with Crippen LogP contribution in [0.3, 0.4) is 0 Å². The van der Waals surface area contributed by atoms with E-state index in [1.54, 1.807) is 39.8 Å². The van der Waals surface area contributed by atoms with Crippen molar-refractivity contribution in [1.29, 1.82) is 0 Å². The van der Waals surface area contributed by atoms with E-state index in [4.69, 9.17) is 24.0 Å². The SMILES string of the molecule is CCN=c1scc(-c2cc(OC)c(OC)c(OC)c2)n1N=C(C)Cc1ccc(OC)cc1. The quantitative estimate of drug-likeness (QED) is 0.441. The van der Waals surface area contributed by atoms with Gasteiger partial charge in [-0.3, -0.25) is 4.99 Å². The van der Waals surface area contributed by atoms with Gasteiger partial charge in [0.25, 0.3) is 0 Å². The molecule has 1 aromatic heterocycles. The van der Waals surface area contributed by atoms with Gasteiger partial charge in [-0.1, -0.05) is 12.1 Å². The molecule has 0 N–H and O–H groups in total. The zero-order valence-electron chi connectivity index (χ0n) is 19.3. The van der Waals surface area contributed by atoms with Gasteiger partial charge in [0, 0.05) is 29.6 Å². The maximum atomic E-state index is 5.53. The molecule has 3 aromatic rings. The third-order valence-electron chi connectivity index (χ3n) is 4.83. The summed E-state index contributed by atoms with van der Waals surface area (Å²) in [5.74, 6) is 2.57. The zero-order valence-corrected chi connectivity index (χ0v) is 20.2. The first-order valence-corrected chi connectivity index (χ1v) is 11.1. The van der Waals surface area contributed by atoms with Crippen LogP contribution in [-0.2, 0) is 6.42 Å². The maximum Gasteiger partial charge on any atom is 0.206 e. The summed E-state index contributed by atoms with van der Waals surface area (Å²) in [6.07, 6.45) is 0.715. The fraction of sp³-hybridized carbons (Fsp3) is 0.333. The topological polar surface area (TPSA) is 66.6 Å². The third-order valence-corrected chi connectivity index (χ3v) is 5.68. The van der Waals surface area contributed by atoms with Gasteiger partial charge in [0.05, 0.1) is 34.1 Å². The minimum Gasteiger partial charge on any atom is -0.497 e. The van der Waals surface area contributed by atoms with E-state index in [0.29, 0.717) is 30.2 Å². The van der Waals surface area contributed by atoms with Gasteiger partial charge in [-0.15, -0.1) is 11.3 Å². The standard InChI is InChI=1S/C24H29N3O4S/c1-7-25-24-27(26-16(2)12-17-8-10-19(28-3)11-9-17)20(15-32-24)18-13-21(29-4)23(31-6)22(14-18)30-5/h8-11,13-15H,7,12H2,1-6H3.